The van der Waals surface area contributed by atoms with Crippen molar-refractivity contribution in [2.24, 2.45) is 5.92 Å². The summed E-state index contributed by atoms with van der Waals surface area (Å²) in [6, 6.07) is 1.58. The molecule has 0 heterocycles. The second kappa shape index (κ2) is 6.25. The Hall–Kier alpha value is -1.58. The first-order valence-electron chi connectivity index (χ1n) is 5.76. The van der Waals surface area contributed by atoms with Gasteiger partial charge in [-0.15, -0.1) is 0 Å². The Morgan fingerprint density at radius 1 is 1.45 bits per heavy atom. The second-order valence-corrected chi connectivity index (χ2v) is 6.24. The van der Waals surface area contributed by atoms with E-state index in [4.69, 9.17) is 5.11 Å². The van der Waals surface area contributed by atoms with Crippen molar-refractivity contribution < 1.29 is 22.8 Å². The molecule has 0 saturated heterocycles. The van der Waals surface area contributed by atoms with Crippen LogP contribution in [0, 0.1) is 21.8 Å². The van der Waals surface area contributed by atoms with Crippen LogP contribution in [0.4, 0.5) is 10.1 Å². The van der Waals surface area contributed by atoms with Crippen LogP contribution in [0.15, 0.2) is 23.1 Å². The number of benzene rings is 1. The van der Waals surface area contributed by atoms with Gasteiger partial charge < -0.3 is 5.11 Å². The normalized spacial score (nSPS) is 13.4. The second-order valence-electron chi connectivity index (χ2n) is 4.52. The number of hydrogen-bond acceptors (Lipinski definition) is 5. The maximum absolute atomic E-state index is 13.4. The average Bonchev–Trinajstić information content (AvgIpc) is 2.35. The lowest BCUT2D eigenvalue weighted by atomic mass is 10.1. The first kappa shape index (κ1) is 16.5. The molecule has 0 aliphatic heterocycles. The first-order valence-corrected chi connectivity index (χ1v) is 7.24. The molecule has 1 rings (SSSR count). The van der Waals surface area contributed by atoms with E-state index in [1.165, 1.54) is 0 Å². The third kappa shape index (κ3) is 3.71. The van der Waals surface area contributed by atoms with Crippen molar-refractivity contribution in [2.45, 2.75) is 24.8 Å². The van der Waals surface area contributed by atoms with Crippen molar-refractivity contribution in [3.05, 3.63) is 34.1 Å². The minimum absolute atomic E-state index is 0.169. The van der Waals surface area contributed by atoms with Crippen LogP contribution in [-0.4, -0.2) is 31.1 Å². The average molecular weight is 306 g/mol. The fourth-order valence-electron chi connectivity index (χ4n) is 1.45. The Labute approximate surface area is 115 Å². The predicted octanol–water partition coefficient (Wildman–Crippen LogP) is 1.03. The van der Waals surface area contributed by atoms with Crippen LogP contribution in [0.1, 0.15) is 13.8 Å². The summed E-state index contributed by atoms with van der Waals surface area (Å²) in [4.78, 5) is 9.09. The van der Waals surface area contributed by atoms with E-state index in [1.54, 1.807) is 13.8 Å². The Morgan fingerprint density at radius 3 is 2.45 bits per heavy atom. The number of halogens is 1. The highest BCUT2D eigenvalue weighted by atomic mass is 32.2. The van der Waals surface area contributed by atoms with Gasteiger partial charge in [-0.05, 0) is 12.0 Å². The molecule has 7 nitrogen and oxygen atoms in total. The van der Waals surface area contributed by atoms with Gasteiger partial charge in [-0.3, -0.25) is 10.1 Å². The van der Waals surface area contributed by atoms with Crippen LogP contribution in [0.2, 0.25) is 0 Å². The van der Waals surface area contributed by atoms with Crippen molar-refractivity contribution >= 4 is 15.7 Å². The molecule has 0 aliphatic carbocycles. The molecule has 0 radical (unpaired) electrons. The smallest absolute Gasteiger partial charge is 0.304 e. The van der Waals surface area contributed by atoms with Crippen LogP contribution < -0.4 is 4.72 Å². The monoisotopic (exact) mass is 306 g/mol. The minimum atomic E-state index is -4.05. The molecule has 0 aliphatic rings. The molecule has 2 N–H and O–H groups in total. The van der Waals surface area contributed by atoms with Gasteiger partial charge in [0.25, 0.3) is 0 Å². The summed E-state index contributed by atoms with van der Waals surface area (Å²) in [7, 11) is -4.05. The Kier molecular flexibility index (Phi) is 5.15. The van der Waals surface area contributed by atoms with E-state index >= 15 is 0 Å². The van der Waals surface area contributed by atoms with Crippen molar-refractivity contribution in [2.75, 3.05) is 6.61 Å². The highest BCUT2D eigenvalue weighted by Crippen LogP contribution is 2.21. The Bertz CT molecular complexity index is 603. The van der Waals surface area contributed by atoms with Gasteiger partial charge in [-0.2, -0.15) is 4.39 Å². The van der Waals surface area contributed by atoms with Crippen LogP contribution in [0.5, 0.6) is 0 Å². The fourth-order valence-corrected chi connectivity index (χ4v) is 2.84. The van der Waals surface area contributed by atoms with Crippen LogP contribution in [0.25, 0.3) is 0 Å². The summed E-state index contributed by atoms with van der Waals surface area (Å²) >= 11 is 0. The number of sulfonamides is 1. The summed E-state index contributed by atoms with van der Waals surface area (Å²) < 4.78 is 39.6. The zero-order valence-electron chi connectivity index (χ0n) is 10.9. The SMILES string of the molecule is CC(C)C(CO)NS(=O)(=O)c1ccc([N+](=O)[O-])c(F)c1. The highest BCUT2D eigenvalue weighted by Gasteiger charge is 2.24. The standard InChI is InChI=1S/C11H15FN2O5S/c1-7(2)10(6-15)13-20(18,19)8-3-4-11(14(16)17)9(12)5-8/h3-5,7,10,13,15H,6H2,1-2H3. The molecule has 0 bridgehead atoms. The first-order chi connectivity index (χ1) is 9.19. The van der Waals surface area contributed by atoms with Crippen molar-refractivity contribution in [3.63, 3.8) is 0 Å². The third-order valence-corrected chi connectivity index (χ3v) is 4.22. The van der Waals surface area contributed by atoms with Crippen LogP contribution in [-0.2, 0) is 10.0 Å². The molecule has 0 spiro atoms. The van der Waals surface area contributed by atoms with Gasteiger partial charge in [-0.25, -0.2) is 13.1 Å². The summed E-state index contributed by atoms with van der Waals surface area (Å²) in [6.45, 7) is 3.01. The highest BCUT2D eigenvalue weighted by molar-refractivity contribution is 7.89. The summed E-state index contributed by atoms with van der Waals surface area (Å²) in [5.74, 6) is -1.40. The van der Waals surface area contributed by atoms with E-state index in [0.717, 1.165) is 12.1 Å². The van der Waals surface area contributed by atoms with E-state index in [1.807, 2.05) is 0 Å². The number of aliphatic hydroxyl groups is 1. The number of nitro groups is 1. The van der Waals surface area contributed by atoms with E-state index in [2.05, 4.69) is 4.72 Å². The molecular formula is C11H15FN2O5S. The number of hydrogen-bond donors (Lipinski definition) is 2. The van der Waals surface area contributed by atoms with E-state index < -0.39 is 44.0 Å². The zero-order chi connectivity index (χ0) is 15.5. The largest absolute Gasteiger partial charge is 0.395 e. The Morgan fingerprint density at radius 2 is 2.05 bits per heavy atom. The molecule has 1 atom stereocenters. The van der Waals surface area contributed by atoms with Crippen molar-refractivity contribution in [3.8, 4) is 0 Å². The molecule has 1 unspecified atom stereocenters. The van der Waals surface area contributed by atoms with Gasteiger partial charge >= 0.3 is 5.69 Å². The molecule has 9 heteroatoms. The Balaban J connectivity index is 3.10. The molecule has 20 heavy (non-hydrogen) atoms. The van der Waals surface area contributed by atoms with Gasteiger partial charge in [0.15, 0.2) is 0 Å². The van der Waals surface area contributed by atoms with Crippen LogP contribution >= 0.6 is 0 Å². The molecule has 0 fully saturated rings. The number of nitrogens with one attached hydrogen (secondary N) is 1. The lowest BCUT2D eigenvalue weighted by Crippen LogP contribution is -2.41. The fraction of sp³-hybridized carbons (Fsp3) is 0.455. The quantitative estimate of drug-likeness (QED) is 0.602. The number of nitrogens with zero attached hydrogens (tertiary/aromatic N) is 1. The van der Waals surface area contributed by atoms with Gasteiger partial charge in [0.05, 0.1) is 16.4 Å². The van der Waals surface area contributed by atoms with Crippen LogP contribution in [0.3, 0.4) is 0 Å². The summed E-state index contributed by atoms with van der Waals surface area (Å²) in [5, 5.41) is 19.6. The van der Waals surface area contributed by atoms with Gasteiger partial charge in [0.2, 0.25) is 15.8 Å². The molecule has 0 amide bonds. The molecule has 1 aromatic rings. The molecule has 0 aromatic heterocycles. The van der Waals surface area contributed by atoms with E-state index in [9.17, 15) is 22.9 Å². The topological polar surface area (TPSA) is 110 Å². The lowest BCUT2D eigenvalue weighted by molar-refractivity contribution is -0.387. The molecular weight excluding hydrogens is 291 g/mol. The summed E-state index contributed by atoms with van der Waals surface area (Å²) in [6.07, 6.45) is 0. The van der Waals surface area contributed by atoms with Gasteiger partial charge in [-0.1, -0.05) is 13.8 Å². The van der Waals surface area contributed by atoms with Crippen molar-refractivity contribution in [1.82, 2.24) is 4.72 Å². The predicted molar refractivity (Wildman–Crippen MR) is 69.1 cm³/mol. The van der Waals surface area contributed by atoms with Crippen molar-refractivity contribution in [1.29, 1.82) is 0 Å². The lowest BCUT2D eigenvalue weighted by Gasteiger charge is -2.19. The maximum Gasteiger partial charge on any atom is 0.304 e. The summed E-state index contributed by atoms with van der Waals surface area (Å²) in [5.41, 5.74) is -0.800. The number of aliphatic hydroxyl groups excluding tert-OH is 1. The number of nitro benzene ring substituents is 1. The van der Waals surface area contributed by atoms with E-state index in [-0.39, 0.29) is 5.92 Å². The third-order valence-electron chi connectivity index (χ3n) is 2.73. The van der Waals surface area contributed by atoms with Gasteiger partial charge in [0, 0.05) is 18.2 Å². The molecule has 1 aromatic carbocycles. The minimum Gasteiger partial charge on any atom is -0.395 e. The molecule has 0 saturated carbocycles. The number of rotatable bonds is 6. The zero-order valence-corrected chi connectivity index (χ0v) is 11.7. The molecule has 112 valence electrons. The van der Waals surface area contributed by atoms with Gasteiger partial charge in [0.1, 0.15) is 0 Å². The van der Waals surface area contributed by atoms with E-state index in [0.29, 0.717) is 6.07 Å². The maximum atomic E-state index is 13.4.